The van der Waals surface area contributed by atoms with Crippen LogP contribution in [0.25, 0.3) is 0 Å². The number of methoxy groups -OCH3 is 1. The summed E-state index contributed by atoms with van der Waals surface area (Å²) in [7, 11) is 1.31. The van der Waals surface area contributed by atoms with Gasteiger partial charge in [0.15, 0.2) is 6.61 Å². The molecule has 1 N–H and O–H groups in total. The first-order valence-electron chi connectivity index (χ1n) is 17.3. The largest absolute Gasteiger partial charge is 0.484 e. The quantitative estimate of drug-likeness (QED) is 0.103. The van der Waals surface area contributed by atoms with Gasteiger partial charge in [0.25, 0.3) is 11.8 Å². The topological polar surface area (TPSA) is 128 Å². The second-order valence-electron chi connectivity index (χ2n) is 13.7. The molecule has 0 bridgehead atoms. The molecule has 2 aliphatic rings. The van der Waals surface area contributed by atoms with Crippen LogP contribution >= 0.6 is 18.6 Å². The fourth-order valence-electron chi connectivity index (χ4n) is 5.99. The monoisotopic (exact) mass is 706 g/mol. The molecule has 4 atom stereocenters. The van der Waals surface area contributed by atoms with Crippen molar-refractivity contribution in [2.75, 3.05) is 38.0 Å². The van der Waals surface area contributed by atoms with Gasteiger partial charge in [0.2, 0.25) is 0 Å². The molecule has 1 heterocycles. The number of nitrogens with one attached hydrogen (secondary N) is 1. The number of likely N-dealkylation sites (tertiary alicyclic amines) is 1. The Bertz CT molecular complexity index is 1320. The molecule has 1 aromatic carbocycles. The third kappa shape index (κ3) is 10.6. The lowest BCUT2D eigenvalue weighted by atomic mass is 10.1. The average Bonchev–Trinajstić information content (AvgIpc) is 3.87. The minimum absolute atomic E-state index is 0.0193. The van der Waals surface area contributed by atoms with Crippen LogP contribution in [0, 0.1) is 11.8 Å². The molecule has 48 heavy (non-hydrogen) atoms. The van der Waals surface area contributed by atoms with Gasteiger partial charge in [-0.05, 0) is 77.1 Å². The van der Waals surface area contributed by atoms with Crippen LogP contribution in [0.4, 0.5) is 0 Å². The van der Waals surface area contributed by atoms with Crippen LogP contribution in [-0.2, 0) is 33.4 Å². The van der Waals surface area contributed by atoms with E-state index in [2.05, 4.69) is 26.1 Å². The molecule has 0 radical (unpaired) electrons. The number of amides is 2. The molecule has 1 aromatic rings. The van der Waals surface area contributed by atoms with Gasteiger partial charge in [0.1, 0.15) is 34.0 Å². The van der Waals surface area contributed by atoms with Crippen LogP contribution in [0.5, 0.6) is 5.75 Å². The summed E-state index contributed by atoms with van der Waals surface area (Å²) < 4.78 is 16.5. The van der Waals surface area contributed by atoms with E-state index < -0.39 is 53.6 Å². The Kier molecular flexibility index (Phi) is 15.1. The second kappa shape index (κ2) is 18.3. The molecule has 1 saturated heterocycles. The van der Waals surface area contributed by atoms with Gasteiger partial charge in [0.05, 0.1) is 18.8 Å². The molecule has 2 amide bonds. The first-order chi connectivity index (χ1) is 22.8. The Morgan fingerprint density at radius 3 is 2.04 bits per heavy atom. The Balaban J connectivity index is 2.04. The maximum atomic E-state index is 14.4. The molecule has 12 heteroatoms. The summed E-state index contributed by atoms with van der Waals surface area (Å²) in [6.07, 6.45) is 8.50. The number of hydrogen-bond acceptors (Lipinski definition) is 9. The minimum Gasteiger partial charge on any atom is -0.484 e. The molecule has 1 aliphatic carbocycles. The van der Waals surface area contributed by atoms with Gasteiger partial charge in [-0.15, -0.1) is 11.8 Å². The summed E-state index contributed by atoms with van der Waals surface area (Å²) in [5.41, 5.74) is -0.352. The predicted octanol–water partition coefficient (Wildman–Crippen LogP) is 5.72. The van der Waals surface area contributed by atoms with E-state index in [-0.39, 0.29) is 24.1 Å². The van der Waals surface area contributed by atoms with E-state index in [9.17, 15) is 24.0 Å². The number of carbonyl (C=O) groups excluding carboxylic acids is 5. The van der Waals surface area contributed by atoms with Crippen LogP contribution in [0.1, 0.15) is 86.5 Å². The highest BCUT2D eigenvalue weighted by Gasteiger charge is 2.55. The summed E-state index contributed by atoms with van der Waals surface area (Å²) in [5.74, 6) is -2.22. The first-order valence-corrected chi connectivity index (χ1v) is 20.7. The minimum atomic E-state index is -2.24. The number of unbranched alkanes of at least 4 members (excludes halogenated alkanes) is 3. The molecule has 1 saturated carbocycles. The number of esters is 2. The standard InChI is InChI=1S/C36H55N2O8PS/c1-8-11-19-47(20-12-9-2,21-13-10-3)32(35(43)46-36(4,5)6)38-31(41)30(37-29(40)23-45-25-17-15-14-16-18-25)33(38)48-24-28(39)26-22-27(26)34(42)44-7/h14-18,26-27,30,33H,8-13,19-24H2,1-7H3,(H,37,40)/t26?,27?,30-,33-/m1/s1. The highest BCUT2D eigenvalue weighted by molar-refractivity contribution is 8.00. The fraction of sp³-hybridized carbons (Fsp3) is 0.667. The Labute approximate surface area is 290 Å². The van der Waals surface area contributed by atoms with Gasteiger partial charge in [0, 0.05) is 5.92 Å². The Morgan fingerprint density at radius 2 is 1.52 bits per heavy atom. The Morgan fingerprint density at radius 1 is 0.938 bits per heavy atom. The average molecular weight is 707 g/mol. The summed E-state index contributed by atoms with van der Waals surface area (Å²) >= 11 is 1.23. The van der Waals surface area contributed by atoms with Gasteiger partial charge < -0.3 is 19.5 Å². The molecular weight excluding hydrogens is 651 g/mol. The first kappa shape index (κ1) is 39.7. The molecule has 2 fully saturated rings. The third-order valence-electron chi connectivity index (χ3n) is 8.66. The van der Waals surface area contributed by atoms with Gasteiger partial charge >= 0.3 is 11.9 Å². The zero-order chi connectivity index (χ0) is 35.5. The number of hydrogen-bond donors (Lipinski definition) is 1. The van der Waals surface area contributed by atoms with Gasteiger partial charge in [-0.1, -0.05) is 65.1 Å². The van der Waals surface area contributed by atoms with Gasteiger partial charge in [-0.25, -0.2) is 4.79 Å². The third-order valence-corrected chi connectivity index (χ3v) is 14.7. The fourth-order valence-corrected chi connectivity index (χ4v) is 12.5. The maximum absolute atomic E-state index is 14.4. The molecule has 1 aliphatic heterocycles. The molecule has 3 rings (SSSR count). The van der Waals surface area contributed by atoms with E-state index in [0.29, 0.717) is 17.6 Å². The number of benzene rings is 1. The van der Waals surface area contributed by atoms with Crippen LogP contribution < -0.4 is 10.1 Å². The zero-order valence-corrected chi connectivity index (χ0v) is 31.5. The summed E-state index contributed by atoms with van der Waals surface area (Å²) in [6, 6.07) is 7.95. The lowest BCUT2D eigenvalue weighted by molar-refractivity contribution is -0.151. The van der Waals surface area contributed by atoms with Crippen molar-refractivity contribution >= 4 is 53.6 Å². The van der Waals surface area contributed by atoms with Crippen molar-refractivity contribution in [1.29, 1.82) is 0 Å². The molecule has 2 unspecified atom stereocenters. The number of Topliss-reactive ketones (excluding diaryl/α,β-unsaturated/α-hetero) is 1. The van der Waals surface area contributed by atoms with Crippen molar-refractivity contribution in [3.63, 3.8) is 0 Å². The van der Waals surface area contributed by atoms with E-state index in [0.717, 1.165) is 57.0 Å². The number of rotatable bonds is 20. The number of β-lactam (4-membered cyclic amide) rings is 1. The number of para-hydroxylation sites is 1. The summed E-state index contributed by atoms with van der Waals surface area (Å²) in [5, 5.41) is 2.13. The lowest BCUT2D eigenvalue weighted by Crippen LogP contribution is -2.72. The van der Waals surface area contributed by atoms with Crippen molar-refractivity contribution < 1.29 is 38.2 Å². The normalized spacial score (nSPS) is 20.4. The van der Waals surface area contributed by atoms with E-state index >= 15 is 0 Å². The smallest absolute Gasteiger partial charge is 0.355 e. The van der Waals surface area contributed by atoms with Crippen molar-refractivity contribution in [2.45, 2.75) is 104 Å². The zero-order valence-electron chi connectivity index (χ0n) is 29.8. The van der Waals surface area contributed by atoms with E-state index in [1.165, 1.54) is 18.9 Å². The van der Waals surface area contributed by atoms with Crippen LogP contribution in [0.3, 0.4) is 0 Å². The van der Waals surface area contributed by atoms with E-state index in [4.69, 9.17) is 14.2 Å². The van der Waals surface area contributed by atoms with E-state index in [1.54, 1.807) is 29.2 Å². The number of nitrogens with zero attached hydrogens (tertiary/aromatic N) is 1. The number of ketones is 1. The van der Waals surface area contributed by atoms with Crippen LogP contribution in [-0.4, -0.2) is 94.8 Å². The second-order valence-corrected chi connectivity index (χ2v) is 18.9. The number of carbonyl (C=O) groups is 5. The molecule has 268 valence electrons. The molecular formula is C36H55N2O8PS. The summed E-state index contributed by atoms with van der Waals surface area (Å²) in [6.45, 7) is 9.30. The molecule has 0 aromatic heterocycles. The Hall–Kier alpha value is -2.78. The van der Waals surface area contributed by atoms with Crippen LogP contribution in [0.15, 0.2) is 30.3 Å². The van der Waals surface area contributed by atoms with Gasteiger partial charge in [-0.3, -0.25) is 24.1 Å². The van der Waals surface area contributed by atoms with Crippen molar-refractivity contribution in [3.8, 4) is 5.75 Å². The SMILES string of the molecule is CCCCP(CCCC)(CCCC)=C(C(=O)OC(C)(C)C)N1C(=O)[C@@H](NC(=O)COc2ccccc2)[C@H]1SCC(=O)C1CC1C(=O)OC. The van der Waals surface area contributed by atoms with Crippen molar-refractivity contribution in [2.24, 2.45) is 11.8 Å². The van der Waals surface area contributed by atoms with Crippen LogP contribution in [0.2, 0.25) is 0 Å². The number of thioether (sulfide) groups is 1. The molecule has 0 spiro atoms. The van der Waals surface area contributed by atoms with Crippen molar-refractivity contribution in [1.82, 2.24) is 10.2 Å². The lowest BCUT2D eigenvalue weighted by Gasteiger charge is -2.49. The van der Waals surface area contributed by atoms with Crippen molar-refractivity contribution in [3.05, 3.63) is 30.3 Å². The highest BCUT2D eigenvalue weighted by Crippen LogP contribution is 2.54. The summed E-state index contributed by atoms with van der Waals surface area (Å²) in [4.78, 5) is 68.5. The number of ether oxygens (including phenoxy) is 3. The maximum Gasteiger partial charge on any atom is 0.355 e. The van der Waals surface area contributed by atoms with Gasteiger partial charge in [-0.2, -0.15) is 0 Å². The molecule has 10 nitrogen and oxygen atoms in total. The highest BCUT2D eigenvalue weighted by atomic mass is 32.2. The van der Waals surface area contributed by atoms with E-state index in [1.807, 2.05) is 26.8 Å². The predicted molar refractivity (Wildman–Crippen MR) is 193 cm³/mol.